The number of rotatable bonds is 7. The Kier molecular flexibility index (Phi) is 7.44. The molecule has 3 nitrogen and oxygen atoms in total. The maximum absolute atomic E-state index is 11.5. The lowest BCUT2D eigenvalue weighted by Crippen LogP contribution is -2.36. The van der Waals surface area contributed by atoms with Crippen molar-refractivity contribution in [3.63, 3.8) is 0 Å². The number of hydrogen-bond donors (Lipinski definition) is 1. The van der Waals surface area contributed by atoms with Crippen LogP contribution in [0.25, 0.3) is 0 Å². The predicted octanol–water partition coefficient (Wildman–Crippen LogP) is 3.05. The molecule has 0 atom stereocenters. The highest BCUT2D eigenvalue weighted by Gasteiger charge is 2.20. The van der Waals surface area contributed by atoms with Gasteiger partial charge in [0.2, 0.25) is 5.91 Å². The first kappa shape index (κ1) is 16.5. The summed E-state index contributed by atoms with van der Waals surface area (Å²) in [7, 11) is 0. The third-order valence-corrected chi connectivity index (χ3v) is 4.15. The Bertz CT molecular complexity index is 255. The van der Waals surface area contributed by atoms with Crippen LogP contribution < -0.4 is 5.32 Å². The molecule has 19 heavy (non-hydrogen) atoms. The van der Waals surface area contributed by atoms with E-state index in [9.17, 15) is 4.79 Å². The molecule has 0 saturated carbocycles. The number of carbonyl (C=O) groups excluding carboxylic acids is 1. The summed E-state index contributed by atoms with van der Waals surface area (Å²) in [4.78, 5) is 14.1. The van der Waals surface area contributed by atoms with Crippen LogP contribution in [0.3, 0.4) is 0 Å². The number of likely N-dealkylation sites (tertiary alicyclic amines) is 1. The lowest BCUT2D eigenvalue weighted by atomic mass is 9.87. The van der Waals surface area contributed by atoms with E-state index in [0.717, 1.165) is 24.7 Å². The van der Waals surface area contributed by atoms with Crippen LogP contribution in [0.15, 0.2) is 0 Å². The third-order valence-electron chi connectivity index (χ3n) is 4.15. The number of hydrogen-bond acceptors (Lipinski definition) is 2. The second-order valence-electron chi connectivity index (χ2n) is 6.60. The van der Waals surface area contributed by atoms with Gasteiger partial charge in [-0.3, -0.25) is 4.79 Å². The van der Waals surface area contributed by atoms with Crippen LogP contribution in [-0.4, -0.2) is 36.5 Å². The molecule has 1 aliphatic heterocycles. The first-order chi connectivity index (χ1) is 8.99. The molecule has 112 valence electrons. The van der Waals surface area contributed by atoms with Crippen LogP contribution in [0, 0.1) is 11.8 Å². The second kappa shape index (κ2) is 8.57. The number of nitrogens with zero attached hydrogens (tertiary/aromatic N) is 1. The van der Waals surface area contributed by atoms with Gasteiger partial charge in [-0.1, -0.05) is 13.8 Å². The van der Waals surface area contributed by atoms with E-state index < -0.39 is 0 Å². The highest BCUT2D eigenvalue weighted by atomic mass is 16.1. The molecule has 0 spiro atoms. The molecular weight excluding hydrogens is 236 g/mol. The summed E-state index contributed by atoms with van der Waals surface area (Å²) in [5, 5.41) is 2.95. The van der Waals surface area contributed by atoms with Crippen molar-refractivity contribution < 1.29 is 4.79 Å². The van der Waals surface area contributed by atoms with Gasteiger partial charge in [0.05, 0.1) is 0 Å². The zero-order valence-corrected chi connectivity index (χ0v) is 13.2. The predicted molar refractivity (Wildman–Crippen MR) is 81.1 cm³/mol. The lowest BCUT2D eigenvalue weighted by molar-refractivity contribution is -0.121. The van der Waals surface area contributed by atoms with Crippen LogP contribution in [-0.2, 0) is 4.79 Å². The topological polar surface area (TPSA) is 32.3 Å². The van der Waals surface area contributed by atoms with Gasteiger partial charge in [0, 0.05) is 12.5 Å². The number of piperidine rings is 1. The summed E-state index contributed by atoms with van der Waals surface area (Å²) in [5.74, 6) is 1.96. The van der Waals surface area contributed by atoms with Crippen molar-refractivity contribution in [3.05, 3.63) is 0 Å². The molecule has 3 heteroatoms. The van der Waals surface area contributed by atoms with Crippen molar-refractivity contribution in [2.24, 2.45) is 11.8 Å². The summed E-state index contributed by atoms with van der Waals surface area (Å²) in [6, 6.07) is 0.266. The van der Waals surface area contributed by atoms with Crippen LogP contribution >= 0.6 is 0 Å². The summed E-state index contributed by atoms with van der Waals surface area (Å²) in [5.41, 5.74) is 0. The Morgan fingerprint density at radius 3 is 2.32 bits per heavy atom. The first-order valence-corrected chi connectivity index (χ1v) is 8.00. The van der Waals surface area contributed by atoms with Crippen molar-refractivity contribution in [2.45, 2.75) is 65.8 Å². The molecule has 1 aliphatic rings. The molecule has 1 saturated heterocycles. The minimum atomic E-state index is 0.202. The van der Waals surface area contributed by atoms with E-state index in [1.54, 1.807) is 0 Å². The fraction of sp³-hybridized carbons (Fsp3) is 0.938. The number of carbonyl (C=O) groups is 1. The maximum Gasteiger partial charge on any atom is 0.220 e. The Morgan fingerprint density at radius 2 is 1.79 bits per heavy atom. The highest BCUT2D eigenvalue weighted by molar-refractivity contribution is 5.76. The molecule has 1 fully saturated rings. The second-order valence-corrected chi connectivity index (χ2v) is 6.60. The molecule has 0 aromatic rings. The Labute approximate surface area is 119 Å². The van der Waals surface area contributed by atoms with Gasteiger partial charge in [0.1, 0.15) is 0 Å². The van der Waals surface area contributed by atoms with Gasteiger partial charge in [-0.15, -0.1) is 0 Å². The van der Waals surface area contributed by atoms with Crippen LogP contribution in [0.5, 0.6) is 0 Å². The average molecular weight is 268 g/mol. The molecule has 0 aromatic carbocycles. The first-order valence-electron chi connectivity index (χ1n) is 8.00. The average Bonchev–Trinajstić information content (AvgIpc) is 2.34. The molecule has 0 bridgehead atoms. The Balaban J connectivity index is 2.03. The summed E-state index contributed by atoms with van der Waals surface area (Å²) < 4.78 is 0. The molecule has 1 rings (SSSR count). The highest BCUT2D eigenvalue weighted by Crippen LogP contribution is 2.24. The molecule has 1 N–H and O–H groups in total. The Hall–Kier alpha value is -0.570. The standard InChI is InChI=1S/C16H32N2O/c1-13(2)15-8-11-18(12-9-15)10-6-5-7-16(19)17-14(3)4/h13-15H,5-12H2,1-4H3,(H,17,19). The molecule has 1 amide bonds. The van der Waals surface area contributed by atoms with Gasteiger partial charge >= 0.3 is 0 Å². The zero-order valence-electron chi connectivity index (χ0n) is 13.2. The summed E-state index contributed by atoms with van der Waals surface area (Å²) >= 11 is 0. The monoisotopic (exact) mass is 268 g/mol. The molecule has 0 aromatic heterocycles. The SMILES string of the molecule is CC(C)NC(=O)CCCCN1CCC(C(C)C)CC1. The van der Waals surface area contributed by atoms with Crippen LogP contribution in [0.1, 0.15) is 59.8 Å². The minimum absolute atomic E-state index is 0.202. The summed E-state index contributed by atoms with van der Waals surface area (Å²) in [6.07, 6.45) is 5.55. The molecule has 1 heterocycles. The van der Waals surface area contributed by atoms with Gasteiger partial charge < -0.3 is 10.2 Å². The van der Waals surface area contributed by atoms with Crippen LogP contribution in [0.2, 0.25) is 0 Å². The van der Waals surface area contributed by atoms with Gasteiger partial charge in [0.25, 0.3) is 0 Å². The van der Waals surface area contributed by atoms with E-state index in [1.807, 2.05) is 13.8 Å². The summed E-state index contributed by atoms with van der Waals surface area (Å²) in [6.45, 7) is 12.4. The lowest BCUT2D eigenvalue weighted by Gasteiger charge is -2.33. The molecule has 0 radical (unpaired) electrons. The number of nitrogens with one attached hydrogen (secondary N) is 1. The fourth-order valence-corrected chi connectivity index (χ4v) is 2.86. The smallest absolute Gasteiger partial charge is 0.220 e. The fourth-order valence-electron chi connectivity index (χ4n) is 2.86. The zero-order chi connectivity index (χ0) is 14.3. The maximum atomic E-state index is 11.5. The quantitative estimate of drug-likeness (QED) is 0.720. The van der Waals surface area contributed by atoms with Crippen molar-refractivity contribution in [2.75, 3.05) is 19.6 Å². The minimum Gasteiger partial charge on any atom is -0.354 e. The van der Waals surface area contributed by atoms with E-state index in [4.69, 9.17) is 0 Å². The van der Waals surface area contributed by atoms with E-state index in [1.165, 1.54) is 32.5 Å². The normalized spacial score (nSPS) is 18.2. The van der Waals surface area contributed by atoms with Crippen molar-refractivity contribution in [3.8, 4) is 0 Å². The van der Waals surface area contributed by atoms with Crippen LogP contribution in [0.4, 0.5) is 0 Å². The molecule has 0 aliphatic carbocycles. The van der Waals surface area contributed by atoms with Gasteiger partial charge in [0.15, 0.2) is 0 Å². The third kappa shape index (κ3) is 6.95. The van der Waals surface area contributed by atoms with Gasteiger partial charge in [-0.2, -0.15) is 0 Å². The van der Waals surface area contributed by atoms with E-state index in [2.05, 4.69) is 24.1 Å². The largest absolute Gasteiger partial charge is 0.354 e. The van der Waals surface area contributed by atoms with Gasteiger partial charge in [-0.25, -0.2) is 0 Å². The molecule has 0 unspecified atom stereocenters. The number of amides is 1. The number of unbranched alkanes of at least 4 members (excludes halogenated alkanes) is 1. The van der Waals surface area contributed by atoms with E-state index in [-0.39, 0.29) is 11.9 Å². The van der Waals surface area contributed by atoms with Crippen molar-refractivity contribution in [1.29, 1.82) is 0 Å². The van der Waals surface area contributed by atoms with Crippen molar-refractivity contribution in [1.82, 2.24) is 10.2 Å². The van der Waals surface area contributed by atoms with E-state index in [0.29, 0.717) is 6.42 Å². The Morgan fingerprint density at radius 1 is 1.16 bits per heavy atom. The van der Waals surface area contributed by atoms with E-state index >= 15 is 0 Å². The van der Waals surface area contributed by atoms with Gasteiger partial charge in [-0.05, 0) is 71.0 Å². The van der Waals surface area contributed by atoms with Crippen molar-refractivity contribution >= 4 is 5.91 Å². The molecular formula is C16H32N2O.